The van der Waals surface area contributed by atoms with Crippen molar-refractivity contribution in [2.75, 3.05) is 7.05 Å². The second-order valence-corrected chi connectivity index (χ2v) is 4.57. The first-order valence-electron chi connectivity index (χ1n) is 6.61. The summed E-state index contributed by atoms with van der Waals surface area (Å²) in [4.78, 5) is 0. The molecular weight excluding hydrogens is 238 g/mol. The molecule has 0 amide bonds. The number of hydrogen-bond acceptors (Lipinski definition) is 3. The van der Waals surface area contributed by atoms with E-state index in [1.807, 2.05) is 30.9 Å². The standard InChI is InChI=1S/C15H21N3O/c1-4-13-9-14(18(3)17-13)11-19-15-7-5-6-12(8-15)10-16-2/h5-9,16H,4,10-11H2,1-3H3. The minimum atomic E-state index is 0.548. The van der Waals surface area contributed by atoms with Crippen LogP contribution in [0.2, 0.25) is 0 Å². The Hall–Kier alpha value is -1.81. The van der Waals surface area contributed by atoms with Gasteiger partial charge in [-0.1, -0.05) is 19.1 Å². The van der Waals surface area contributed by atoms with Crippen LogP contribution in [0, 0.1) is 0 Å². The summed E-state index contributed by atoms with van der Waals surface area (Å²) in [7, 11) is 3.89. The van der Waals surface area contributed by atoms with E-state index in [-0.39, 0.29) is 0 Å². The lowest BCUT2D eigenvalue weighted by molar-refractivity contribution is 0.294. The van der Waals surface area contributed by atoms with Crippen LogP contribution in [0.5, 0.6) is 5.75 Å². The van der Waals surface area contributed by atoms with Gasteiger partial charge in [-0.05, 0) is 37.2 Å². The number of ether oxygens (including phenoxy) is 1. The first-order chi connectivity index (χ1) is 9.22. The van der Waals surface area contributed by atoms with E-state index in [1.54, 1.807) is 0 Å². The monoisotopic (exact) mass is 259 g/mol. The van der Waals surface area contributed by atoms with E-state index in [9.17, 15) is 0 Å². The SMILES string of the molecule is CCc1cc(COc2cccc(CNC)c2)n(C)n1. The summed E-state index contributed by atoms with van der Waals surface area (Å²) in [5.41, 5.74) is 3.42. The van der Waals surface area contributed by atoms with Crippen molar-refractivity contribution in [2.45, 2.75) is 26.5 Å². The third kappa shape index (κ3) is 3.58. The van der Waals surface area contributed by atoms with Gasteiger partial charge >= 0.3 is 0 Å². The maximum absolute atomic E-state index is 5.83. The predicted octanol–water partition coefficient (Wildman–Crippen LogP) is 2.28. The fraction of sp³-hybridized carbons (Fsp3) is 0.400. The molecule has 0 fully saturated rings. The van der Waals surface area contributed by atoms with Gasteiger partial charge in [0.05, 0.1) is 11.4 Å². The molecule has 2 aromatic rings. The molecule has 0 saturated carbocycles. The van der Waals surface area contributed by atoms with E-state index >= 15 is 0 Å². The Morgan fingerprint density at radius 3 is 2.84 bits per heavy atom. The molecule has 1 aromatic heterocycles. The lowest BCUT2D eigenvalue weighted by atomic mass is 10.2. The number of hydrogen-bond donors (Lipinski definition) is 1. The number of aryl methyl sites for hydroxylation is 2. The highest BCUT2D eigenvalue weighted by Crippen LogP contribution is 2.15. The van der Waals surface area contributed by atoms with E-state index in [1.165, 1.54) is 5.56 Å². The predicted molar refractivity (Wildman–Crippen MR) is 76.1 cm³/mol. The molecule has 0 unspecified atom stereocenters. The molecule has 0 aliphatic carbocycles. The fourth-order valence-corrected chi connectivity index (χ4v) is 1.99. The lowest BCUT2D eigenvalue weighted by Crippen LogP contribution is -2.06. The van der Waals surface area contributed by atoms with E-state index in [0.717, 1.165) is 30.1 Å². The second kappa shape index (κ2) is 6.38. The Morgan fingerprint density at radius 1 is 1.32 bits per heavy atom. The Bertz CT molecular complexity index is 534. The van der Waals surface area contributed by atoms with Crippen molar-refractivity contribution in [2.24, 2.45) is 7.05 Å². The van der Waals surface area contributed by atoms with E-state index in [2.05, 4.69) is 35.5 Å². The normalized spacial score (nSPS) is 10.7. The molecule has 4 nitrogen and oxygen atoms in total. The average molecular weight is 259 g/mol. The van der Waals surface area contributed by atoms with E-state index in [4.69, 9.17) is 4.74 Å². The second-order valence-electron chi connectivity index (χ2n) is 4.57. The van der Waals surface area contributed by atoms with Gasteiger partial charge in [-0.2, -0.15) is 5.10 Å². The minimum Gasteiger partial charge on any atom is -0.487 e. The van der Waals surface area contributed by atoms with Crippen molar-refractivity contribution in [3.63, 3.8) is 0 Å². The topological polar surface area (TPSA) is 39.1 Å². The van der Waals surface area contributed by atoms with Crippen molar-refractivity contribution >= 4 is 0 Å². The van der Waals surface area contributed by atoms with Crippen LogP contribution in [0.1, 0.15) is 23.9 Å². The zero-order valence-electron chi connectivity index (χ0n) is 11.8. The maximum Gasteiger partial charge on any atom is 0.130 e. The summed E-state index contributed by atoms with van der Waals surface area (Å²) in [6, 6.07) is 10.2. The molecular formula is C15H21N3O. The molecule has 0 bridgehead atoms. The molecule has 0 radical (unpaired) electrons. The first kappa shape index (κ1) is 13.6. The molecule has 19 heavy (non-hydrogen) atoms. The van der Waals surface area contributed by atoms with Crippen LogP contribution in [0.25, 0.3) is 0 Å². The van der Waals surface area contributed by atoms with Crippen molar-refractivity contribution in [1.82, 2.24) is 15.1 Å². The summed E-state index contributed by atoms with van der Waals surface area (Å²) in [6.45, 7) is 3.50. The third-order valence-corrected chi connectivity index (χ3v) is 3.06. The smallest absolute Gasteiger partial charge is 0.130 e. The molecule has 0 aliphatic heterocycles. The summed E-state index contributed by atoms with van der Waals surface area (Å²) in [6.07, 6.45) is 0.950. The van der Waals surface area contributed by atoms with Crippen LogP contribution >= 0.6 is 0 Å². The molecule has 0 saturated heterocycles. The summed E-state index contributed by atoms with van der Waals surface area (Å²) >= 11 is 0. The minimum absolute atomic E-state index is 0.548. The van der Waals surface area contributed by atoms with Gasteiger partial charge in [0, 0.05) is 13.6 Å². The number of rotatable bonds is 6. The van der Waals surface area contributed by atoms with Crippen LogP contribution in [0.15, 0.2) is 30.3 Å². The average Bonchev–Trinajstić information content (AvgIpc) is 2.78. The molecule has 102 valence electrons. The van der Waals surface area contributed by atoms with Crippen molar-refractivity contribution in [1.29, 1.82) is 0 Å². The molecule has 1 aromatic carbocycles. The quantitative estimate of drug-likeness (QED) is 0.865. The molecule has 1 N–H and O–H groups in total. The van der Waals surface area contributed by atoms with Crippen molar-refractivity contribution in [3.05, 3.63) is 47.3 Å². The Balaban J connectivity index is 2.01. The highest BCUT2D eigenvalue weighted by atomic mass is 16.5. The number of aromatic nitrogens is 2. The molecule has 0 spiro atoms. The molecule has 1 heterocycles. The van der Waals surface area contributed by atoms with Crippen LogP contribution in [0.3, 0.4) is 0 Å². The van der Waals surface area contributed by atoms with Gasteiger partial charge in [0.2, 0.25) is 0 Å². The highest BCUT2D eigenvalue weighted by molar-refractivity contribution is 5.28. The fourth-order valence-electron chi connectivity index (χ4n) is 1.99. The molecule has 0 aliphatic rings. The van der Waals surface area contributed by atoms with Crippen molar-refractivity contribution in [3.8, 4) is 5.75 Å². The number of benzene rings is 1. The van der Waals surface area contributed by atoms with Gasteiger partial charge in [-0.15, -0.1) is 0 Å². The lowest BCUT2D eigenvalue weighted by Gasteiger charge is -2.08. The van der Waals surface area contributed by atoms with Gasteiger partial charge in [0.1, 0.15) is 12.4 Å². The van der Waals surface area contributed by atoms with Crippen LogP contribution < -0.4 is 10.1 Å². The Labute approximate surface area is 114 Å². The highest BCUT2D eigenvalue weighted by Gasteiger charge is 2.04. The zero-order valence-corrected chi connectivity index (χ0v) is 11.8. The Kier molecular flexibility index (Phi) is 4.58. The number of nitrogens with one attached hydrogen (secondary N) is 1. The molecule has 4 heteroatoms. The van der Waals surface area contributed by atoms with Crippen molar-refractivity contribution < 1.29 is 4.74 Å². The largest absolute Gasteiger partial charge is 0.487 e. The molecule has 2 rings (SSSR count). The van der Waals surface area contributed by atoms with Gasteiger partial charge < -0.3 is 10.1 Å². The van der Waals surface area contributed by atoms with Gasteiger partial charge in [-0.25, -0.2) is 0 Å². The maximum atomic E-state index is 5.83. The third-order valence-electron chi connectivity index (χ3n) is 3.06. The van der Waals surface area contributed by atoms with Crippen LogP contribution in [-0.4, -0.2) is 16.8 Å². The summed E-state index contributed by atoms with van der Waals surface area (Å²) < 4.78 is 7.71. The Morgan fingerprint density at radius 2 is 2.16 bits per heavy atom. The van der Waals surface area contributed by atoms with Crippen LogP contribution in [0.4, 0.5) is 0 Å². The first-order valence-corrected chi connectivity index (χ1v) is 6.61. The van der Waals surface area contributed by atoms with Gasteiger partial charge in [0.15, 0.2) is 0 Å². The number of nitrogens with zero attached hydrogens (tertiary/aromatic N) is 2. The van der Waals surface area contributed by atoms with Crippen LogP contribution in [-0.2, 0) is 26.6 Å². The summed E-state index contributed by atoms with van der Waals surface area (Å²) in [5.74, 6) is 0.895. The van der Waals surface area contributed by atoms with Gasteiger partial charge in [0.25, 0.3) is 0 Å². The van der Waals surface area contributed by atoms with E-state index in [0.29, 0.717) is 6.61 Å². The summed E-state index contributed by atoms with van der Waals surface area (Å²) in [5, 5.41) is 7.55. The van der Waals surface area contributed by atoms with Gasteiger partial charge in [-0.3, -0.25) is 4.68 Å². The van der Waals surface area contributed by atoms with E-state index < -0.39 is 0 Å². The zero-order chi connectivity index (χ0) is 13.7. The molecule has 0 atom stereocenters.